The number of benzene rings is 2. The molecule has 0 aromatic heterocycles. The number of halogens is 1. The number of rotatable bonds is 4. The predicted molar refractivity (Wildman–Crippen MR) is 77.9 cm³/mol. The molecule has 94 valence electrons. The highest BCUT2D eigenvalue weighted by atomic mass is 35.5. The lowest BCUT2D eigenvalue weighted by molar-refractivity contribution is 0.919. The van der Waals surface area contributed by atoms with Crippen molar-refractivity contribution in [3.8, 4) is 0 Å². The monoisotopic (exact) mass is 260 g/mol. The van der Waals surface area contributed by atoms with Crippen LogP contribution in [0.4, 0.5) is 5.69 Å². The molecular formula is C15H17ClN2. The lowest BCUT2D eigenvalue weighted by Gasteiger charge is -2.20. The van der Waals surface area contributed by atoms with Gasteiger partial charge in [0.2, 0.25) is 0 Å². The molecule has 2 nitrogen and oxygen atoms in total. The molecule has 0 fully saturated rings. The van der Waals surface area contributed by atoms with Crippen molar-refractivity contribution in [2.24, 2.45) is 5.73 Å². The molecule has 0 amide bonds. The van der Waals surface area contributed by atoms with Crippen LogP contribution in [0.25, 0.3) is 0 Å². The van der Waals surface area contributed by atoms with Crippen molar-refractivity contribution in [1.82, 2.24) is 0 Å². The average molecular weight is 261 g/mol. The minimum absolute atomic E-state index is 0.572. The van der Waals surface area contributed by atoms with Gasteiger partial charge in [-0.3, -0.25) is 0 Å². The Morgan fingerprint density at radius 1 is 1.06 bits per heavy atom. The van der Waals surface area contributed by atoms with Gasteiger partial charge in [-0.2, -0.15) is 0 Å². The first kappa shape index (κ1) is 12.9. The van der Waals surface area contributed by atoms with Gasteiger partial charge in [-0.15, -0.1) is 0 Å². The fourth-order valence-electron chi connectivity index (χ4n) is 1.88. The zero-order valence-corrected chi connectivity index (χ0v) is 11.2. The fourth-order valence-corrected chi connectivity index (χ4v) is 2.00. The zero-order valence-electron chi connectivity index (χ0n) is 10.4. The van der Waals surface area contributed by atoms with E-state index < -0.39 is 0 Å². The van der Waals surface area contributed by atoms with Gasteiger partial charge in [0.05, 0.1) is 0 Å². The van der Waals surface area contributed by atoms with E-state index in [0.717, 1.165) is 17.1 Å². The highest BCUT2D eigenvalue weighted by molar-refractivity contribution is 6.30. The van der Waals surface area contributed by atoms with E-state index in [2.05, 4.69) is 24.1 Å². The third-order valence-electron chi connectivity index (χ3n) is 2.92. The van der Waals surface area contributed by atoms with E-state index in [1.165, 1.54) is 11.3 Å². The lowest BCUT2D eigenvalue weighted by atomic mass is 10.1. The Bertz CT molecular complexity index is 508. The average Bonchev–Trinajstić information content (AvgIpc) is 2.41. The summed E-state index contributed by atoms with van der Waals surface area (Å²) in [6, 6.07) is 16.2. The predicted octanol–water partition coefficient (Wildman–Crippen LogP) is 3.44. The maximum absolute atomic E-state index is 5.88. The smallest absolute Gasteiger partial charge is 0.0426 e. The van der Waals surface area contributed by atoms with Gasteiger partial charge in [0, 0.05) is 30.8 Å². The van der Waals surface area contributed by atoms with E-state index in [9.17, 15) is 0 Å². The molecule has 0 heterocycles. The molecule has 0 saturated carbocycles. The summed E-state index contributed by atoms with van der Waals surface area (Å²) in [6.45, 7) is 1.42. The molecule has 3 heteroatoms. The van der Waals surface area contributed by atoms with Crippen LogP contribution in [0.15, 0.2) is 48.5 Å². The quantitative estimate of drug-likeness (QED) is 0.913. The summed E-state index contributed by atoms with van der Waals surface area (Å²) in [5.74, 6) is 0. The molecule has 2 aromatic carbocycles. The van der Waals surface area contributed by atoms with Crippen molar-refractivity contribution in [3.05, 3.63) is 64.7 Å². The molecule has 0 bridgehead atoms. The molecule has 0 aliphatic heterocycles. The normalized spacial score (nSPS) is 10.4. The standard InChI is InChI=1S/C15H17ClN2/c1-18(11-12-5-7-14(16)8-6-12)15-4-2-3-13(9-15)10-17/h2-9H,10-11,17H2,1H3. The number of anilines is 1. The molecule has 0 aliphatic carbocycles. The first-order valence-electron chi connectivity index (χ1n) is 5.93. The topological polar surface area (TPSA) is 29.3 Å². The van der Waals surface area contributed by atoms with Gasteiger partial charge in [-0.25, -0.2) is 0 Å². The van der Waals surface area contributed by atoms with Crippen molar-refractivity contribution in [1.29, 1.82) is 0 Å². The minimum Gasteiger partial charge on any atom is -0.370 e. The van der Waals surface area contributed by atoms with Crippen molar-refractivity contribution < 1.29 is 0 Å². The Labute approximate surface area is 113 Å². The maximum atomic E-state index is 5.88. The van der Waals surface area contributed by atoms with Crippen molar-refractivity contribution >= 4 is 17.3 Å². The summed E-state index contributed by atoms with van der Waals surface area (Å²) in [5.41, 5.74) is 9.21. The van der Waals surface area contributed by atoms with Gasteiger partial charge in [0.25, 0.3) is 0 Å². The highest BCUT2D eigenvalue weighted by Gasteiger charge is 2.02. The summed E-state index contributed by atoms with van der Waals surface area (Å²) in [4.78, 5) is 2.20. The van der Waals surface area contributed by atoms with Crippen LogP contribution in [0.5, 0.6) is 0 Å². The number of nitrogens with two attached hydrogens (primary N) is 1. The van der Waals surface area contributed by atoms with Crippen LogP contribution in [0.1, 0.15) is 11.1 Å². The molecule has 2 N–H and O–H groups in total. The minimum atomic E-state index is 0.572. The Hall–Kier alpha value is -1.51. The fraction of sp³-hybridized carbons (Fsp3) is 0.200. The molecule has 0 aliphatic rings. The summed E-state index contributed by atoms with van der Waals surface area (Å²) in [6.07, 6.45) is 0. The summed E-state index contributed by atoms with van der Waals surface area (Å²) >= 11 is 5.88. The second kappa shape index (κ2) is 5.89. The van der Waals surface area contributed by atoms with Crippen molar-refractivity contribution in [3.63, 3.8) is 0 Å². The molecular weight excluding hydrogens is 244 g/mol. The van der Waals surface area contributed by atoms with E-state index in [-0.39, 0.29) is 0 Å². The molecule has 0 radical (unpaired) electrons. The molecule has 2 aromatic rings. The third kappa shape index (κ3) is 3.25. The molecule has 0 spiro atoms. The third-order valence-corrected chi connectivity index (χ3v) is 3.17. The van der Waals surface area contributed by atoms with Crippen LogP contribution in [-0.2, 0) is 13.1 Å². The van der Waals surface area contributed by atoms with E-state index in [1.807, 2.05) is 36.4 Å². The van der Waals surface area contributed by atoms with Crippen molar-refractivity contribution in [2.75, 3.05) is 11.9 Å². The van der Waals surface area contributed by atoms with Gasteiger partial charge in [0.1, 0.15) is 0 Å². The van der Waals surface area contributed by atoms with Crippen LogP contribution < -0.4 is 10.6 Å². The second-order valence-corrected chi connectivity index (χ2v) is 4.79. The Balaban J connectivity index is 2.11. The molecule has 2 rings (SSSR count). The highest BCUT2D eigenvalue weighted by Crippen LogP contribution is 2.18. The first-order chi connectivity index (χ1) is 8.69. The number of nitrogens with zero attached hydrogens (tertiary/aromatic N) is 1. The Kier molecular flexibility index (Phi) is 4.24. The van der Waals surface area contributed by atoms with E-state index in [4.69, 9.17) is 17.3 Å². The van der Waals surface area contributed by atoms with E-state index in [0.29, 0.717) is 6.54 Å². The zero-order chi connectivity index (χ0) is 13.0. The first-order valence-corrected chi connectivity index (χ1v) is 6.31. The molecule has 0 atom stereocenters. The lowest BCUT2D eigenvalue weighted by Crippen LogP contribution is -2.16. The van der Waals surface area contributed by atoms with Gasteiger partial charge in [0.15, 0.2) is 0 Å². The van der Waals surface area contributed by atoms with Gasteiger partial charge < -0.3 is 10.6 Å². The molecule has 0 saturated heterocycles. The van der Waals surface area contributed by atoms with Gasteiger partial charge >= 0.3 is 0 Å². The second-order valence-electron chi connectivity index (χ2n) is 4.36. The Morgan fingerprint density at radius 3 is 2.44 bits per heavy atom. The maximum Gasteiger partial charge on any atom is 0.0426 e. The summed E-state index contributed by atoms with van der Waals surface area (Å²) < 4.78 is 0. The van der Waals surface area contributed by atoms with Crippen LogP contribution >= 0.6 is 11.6 Å². The van der Waals surface area contributed by atoms with E-state index >= 15 is 0 Å². The van der Waals surface area contributed by atoms with Crippen LogP contribution in [-0.4, -0.2) is 7.05 Å². The number of hydrogen-bond acceptors (Lipinski definition) is 2. The Morgan fingerprint density at radius 2 is 1.78 bits per heavy atom. The van der Waals surface area contributed by atoms with E-state index in [1.54, 1.807) is 0 Å². The largest absolute Gasteiger partial charge is 0.370 e. The SMILES string of the molecule is CN(Cc1ccc(Cl)cc1)c1cccc(CN)c1. The van der Waals surface area contributed by atoms with Crippen LogP contribution in [0.2, 0.25) is 5.02 Å². The summed E-state index contributed by atoms with van der Waals surface area (Å²) in [7, 11) is 2.07. The van der Waals surface area contributed by atoms with Crippen molar-refractivity contribution in [2.45, 2.75) is 13.1 Å². The molecule has 0 unspecified atom stereocenters. The summed E-state index contributed by atoms with van der Waals surface area (Å²) in [5, 5.41) is 0.770. The number of hydrogen-bond donors (Lipinski definition) is 1. The van der Waals surface area contributed by atoms with Gasteiger partial charge in [-0.05, 0) is 35.4 Å². The van der Waals surface area contributed by atoms with Gasteiger partial charge in [-0.1, -0.05) is 35.9 Å². The molecule has 18 heavy (non-hydrogen) atoms. The van der Waals surface area contributed by atoms with Crippen LogP contribution in [0.3, 0.4) is 0 Å². The van der Waals surface area contributed by atoms with Crippen LogP contribution in [0, 0.1) is 0 Å².